The first-order chi connectivity index (χ1) is 13.1. The smallest absolute Gasteiger partial charge is 0.254 e. The van der Waals surface area contributed by atoms with Crippen molar-refractivity contribution in [2.45, 2.75) is 32.6 Å². The number of carbonyl (C=O) groups is 1. The lowest BCUT2D eigenvalue weighted by Gasteiger charge is -2.23. The maximum Gasteiger partial charge on any atom is 0.254 e. The molecule has 0 bridgehead atoms. The number of hydrogen-bond donors (Lipinski definition) is 0. The number of benzene rings is 2. The third-order valence-electron chi connectivity index (χ3n) is 5.74. The molecule has 1 amide bonds. The molecule has 0 aliphatic carbocycles. The monoisotopic (exact) mass is 359 g/mol. The van der Waals surface area contributed by atoms with Gasteiger partial charge in [0.1, 0.15) is 0 Å². The van der Waals surface area contributed by atoms with Crippen molar-refractivity contribution in [3.05, 3.63) is 76.6 Å². The lowest BCUT2D eigenvalue weighted by atomic mass is 10.1. The summed E-state index contributed by atoms with van der Waals surface area (Å²) in [6, 6.07) is 16.6. The zero-order valence-electron chi connectivity index (χ0n) is 15.5. The Balaban J connectivity index is 1.39. The van der Waals surface area contributed by atoms with Crippen molar-refractivity contribution in [2.24, 2.45) is 7.05 Å². The highest BCUT2D eigenvalue weighted by atomic mass is 16.2. The molecule has 0 saturated heterocycles. The van der Waals surface area contributed by atoms with Crippen LogP contribution >= 0.6 is 0 Å². The molecule has 0 N–H and O–H groups in total. The molecule has 0 fully saturated rings. The first-order valence-electron chi connectivity index (χ1n) is 9.23. The van der Waals surface area contributed by atoms with E-state index in [2.05, 4.69) is 46.3 Å². The average molecular weight is 359 g/mol. The van der Waals surface area contributed by atoms with Gasteiger partial charge >= 0.3 is 0 Å². The number of carbonyl (C=O) groups excluding carboxylic acids is 1. The van der Waals surface area contributed by atoms with Gasteiger partial charge in [-0.15, -0.1) is 10.2 Å². The molecule has 1 atom stereocenters. The molecule has 0 spiro atoms. The van der Waals surface area contributed by atoms with E-state index >= 15 is 0 Å². The summed E-state index contributed by atoms with van der Waals surface area (Å²) in [5.41, 5.74) is 4.55. The van der Waals surface area contributed by atoms with Crippen molar-refractivity contribution in [2.75, 3.05) is 4.90 Å². The molecule has 136 valence electrons. The van der Waals surface area contributed by atoms with Crippen LogP contribution in [0.3, 0.4) is 0 Å². The largest absolute Gasteiger partial charge is 0.330 e. The number of hydrogen-bond acceptors (Lipinski definition) is 4. The fourth-order valence-electron chi connectivity index (χ4n) is 4.17. The van der Waals surface area contributed by atoms with Gasteiger partial charge in [-0.3, -0.25) is 9.36 Å². The molecule has 3 aromatic rings. The Bertz CT molecular complexity index is 1040. The summed E-state index contributed by atoms with van der Waals surface area (Å²) in [7, 11) is 1.98. The van der Waals surface area contributed by atoms with Crippen molar-refractivity contribution >= 4 is 11.9 Å². The molecular formula is C21H21N5O. The van der Waals surface area contributed by atoms with Gasteiger partial charge in [-0.1, -0.05) is 42.5 Å². The quantitative estimate of drug-likeness (QED) is 0.721. The molecule has 0 saturated carbocycles. The predicted molar refractivity (Wildman–Crippen MR) is 102 cm³/mol. The average Bonchev–Trinajstić information content (AvgIpc) is 3.31. The van der Waals surface area contributed by atoms with E-state index in [9.17, 15) is 4.79 Å². The molecule has 6 nitrogen and oxygen atoms in total. The van der Waals surface area contributed by atoms with E-state index in [1.165, 1.54) is 11.1 Å². The van der Waals surface area contributed by atoms with Gasteiger partial charge < -0.3 is 9.80 Å². The molecule has 2 aliphatic heterocycles. The van der Waals surface area contributed by atoms with Crippen molar-refractivity contribution < 1.29 is 4.79 Å². The van der Waals surface area contributed by atoms with Crippen LogP contribution in [0.25, 0.3) is 0 Å². The minimum absolute atomic E-state index is 0.0668. The van der Waals surface area contributed by atoms with Gasteiger partial charge in [0.2, 0.25) is 5.95 Å². The lowest BCUT2D eigenvalue weighted by molar-refractivity contribution is 0.0761. The Morgan fingerprint density at radius 2 is 1.74 bits per heavy atom. The highest BCUT2D eigenvalue weighted by Crippen LogP contribution is 2.36. The van der Waals surface area contributed by atoms with E-state index in [0.29, 0.717) is 13.1 Å². The van der Waals surface area contributed by atoms with Gasteiger partial charge in [0.25, 0.3) is 5.91 Å². The second-order valence-corrected chi connectivity index (χ2v) is 7.30. The number of rotatable bonds is 3. The molecule has 27 heavy (non-hydrogen) atoms. The summed E-state index contributed by atoms with van der Waals surface area (Å²) in [6.07, 6.45) is 0. The van der Waals surface area contributed by atoms with Gasteiger partial charge in [0.15, 0.2) is 5.82 Å². The minimum Gasteiger partial charge on any atom is -0.330 e. The van der Waals surface area contributed by atoms with Gasteiger partial charge in [0.05, 0.1) is 12.6 Å². The van der Waals surface area contributed by atoms with Crippen LogP contribution in [0.4, 0.5) is 5.95 Å². The van der Waals surface area contributed by atoms with Crippen LogP contribution < -0.4 is 4.90 Å². The minimum atomic E-state index is 0.0668. The highest BCUT2D eigenvalue weighted by Gasteiger charge is 2.32. The summed E-state index contributed by atoms with van der Waals surface area (Å²) in [4.78, 5) is 16.7. The Morgan fingerprint density at radius 1 is 1.00 bits per heavy atom. The molecular weight excluding hydrogens is 338 g/mol. The van der Waals surface area contributed by atoms with Crippen LogP contribution in [0.5, 0.6) is 0 Å². The van der Waals surface area contributed by atoms with Crippen molar-refractivity contribution in [3.63, 3.8) is 0 Å². The van der Waals surface area contributed by atoms with Crippen molar-refractivity contribution in [3.8, 4) is 0 Å². The third-order valence-corrected chi connectivity index (χ3v) is 5.74. The second kappa shape index (κ2) is 5.94. The summed E-state index contributed by atoms with van der Waals surface area (Å²) in [6.45, 7) is 4.12. The number of anilines is 1. The van der Waals surface area contributed by atoms with Crippen LogP contribution in [0.1, 0.15) is 45.8 Å². The predicted octanol–water partition coefficient (Wildman–Crippen LogP) is 3.05. The molecule has 5 rings (SSSR count). The van der Waals surface area contributed by atoms with Crippen LogP contribution in [-0.2, 0) is 26.7 Å². The second-order valence-electron chi connectivity index (χ2n) is 7.30. The summed E-state index contributed by atoms with van der Waals surface area (Å²) < 4.78 is 2.01. The van der Waals surface area contributed by atoms with Crippen molar-refractivity contribution in [1.82, 2.24) is 19.7 Å². The summed E-state index contributed by atoms with van der Waals surface area (Å²) >= 11 is 0. The van der Waals surface area contributed by atoms with Crippen molar-refractivity contribution in [1.29, 1.82) is 0 Å². The van der Waals surface area contributed by atoms with E-state index in [0.717, 1.165) is 29.4 Å². The van der Waals surface area contributed by atoms with E-state index in [1.807, 2.05) is 40.8 Å². The number of nitrogens with zero attached hydrogens (tertiary/aromatic N) is 5. The maximum atomic E-state index is 12.6. The molecule has 6 heteroatoms. The Morgan fingerprint density at radius 3 is 2.52 bits per heavy atom. The zero-order valence-corrected chi connectivity index (χ0v) is 15.5. The van der Waals surface area contributed by atoms with E-state index in [4.69, 9.17) is 0 Å². The number of amides is 1. The molecule has 0 radical (unpaired) electrons. The Labute approximate surface area is 158 Å². The topological polar surface area (TPSA) is 54.3 Å². The van der Waals surface area contributed by atoms with Gasteiger partial charge in [-0.05, 0) is 29.7 Å². The maximum absolute atomic E-state index is 12.6. The zero-order chi connectivity index (χ0) is 18.5. The van der Waals surface area contributed by atoms with Gasteiger partial charge in [0, 0.05) is 25.7 Å². The fourth-order valence-corrected chi connectivity index (χ4v) is 4.17. The van der Waals surface area contributed by atoms with Gasteiger partial charge in [-0.2, -0.15) is 0 Å². The number of aromatic nitrogens is 3. The summed E-state index contributed by atoms with van der Waals surface area (Å²) in [5.74, 6) is 1.71. The first-order valence-corrected chi connectivity index (χ1v) is 9.23. The lowest BCUT2D eigenvalue weighted by Crippen LogP contribution is -2.26. The molecule has 2 aromatic carbocycles. The standard InChI is InChI=1S/C21H21N5O/c1-14-17-9-5-3-8-16(17)12-26(14)21-23-22-19(24(21)2)13-25-11-15-7-4-6-10-18(15)20(25)27/h3-10,14H,11-13H2,1-2H3. The fraction of sp³-hybridized carbons (Fsp3) is 0.286. The Hall–Kier alpha value is -3.15. The molecule has 1 aromatic heterocycles. The van der Waals surface area contributed by atoms with E-state index in [1.54, 1.807) is 0 Å². The SMILES string of the molecule is CC1c2ccccc2CN1c1nnc(CN2Cc3ccccc3C2=O)n1C. The number of fused-ring (bicyclic) bond motifs is 2. The molecule has 3 heterocycles. The van der Waals surface area contributed by atoms with Crippen LogP contribution in [0, 0.1) is 0 Å². The Kier molecular flexibility index (Phi) is 3.53. The summed E-state index contributed by atoms with van der Waals surface area (Å²) in [5, 5.41) is 8.84. The van der Waals surface area contributed by atoms with E-state index < -0.39 is 0 Å². The molecule has 2 aliphatic rings. The van der Waals surface area contributed by atoms with Crippen LogP contribution in [-0.4, -0.2) is 25.6 Å². The normalized spacial score (nSPS) is 18.1. The van der Waals surface area contributed by atoms with Gasteiger partial charge in [-0.25, -0.2) is 0 Å². The first kappa shape index (κ1) is 16.1. The molecule has 1 unspecified atom stereocenters. The van der Waals surface area contributed by atoms with E-state index in [-0.39, 0.29) is 11.9 Å². The van der Waals surface area contributed by atoms with Crippen LogP contribution in [0.2, 0.25) is 0 Å². The van der Waals surface area contributed by atoms with Crippen LogP contribution in [0.15, 0.2) is 48.5 Å². The third kappa shape index (κ3) is 2.44. The highest BCUT2D eigenvalue weighted by molar-refractivity contribution is 5.98.